The molecular weight excluding hydrogens is 204 g/mol. The molecular formula is C11H14N4O. The van der Waals surface area contributed by atoms with E-state index < -0.39 is 0 Å². The van der Waals surface area contributed by atoms with Crippen LogP contribution in [0.4, 0.5) is 5.69 Å². The van der Waals surface area contributed by atoms with Crippen LogP contribution in [-0.4, -0.2) is 41.4 Å². The van der Waals surface area contributed by atoms with E-state index in [9.17, 15) is 4.79 Å². The first-order valence-electron chi connectivity index (χ1n) is 5.04. The number of benzene rings is 1. The molecule has 1 aromatic carbocycles. The van der Waals surface area contributed by atoms with Gasteiger partial charge in [0.1, 0.15) is 0 Å². The molecule has 0 spiro atoms. The highest BCUT2D eigenvalue weighted by Gasteiger charge is 2.03. The summed E-state index contributed by atoms with van der Waals surface area (Å²) in [5, 5.41) is 3.07. The van der Waals surface area contributed by atoms with Crippen LogP contribution in [0.2, 0.25) is 0 Å². The zero-order valence-corrected chi connectivity index (χ0v) is 9.32. The fourth-order valence-corrected chi connectivity index (χ4v) is 1.38. The van der Waals surface area contributed by atoms with Crippen molar-refractivity contribution >= 4 is 22.6 Å². The Labute approximate surface area is 93.5 Å². The number of nitrogens with one attached hydrogen (secondary N) is 2. The number of imidazole rings is 1. The van der Waals surface area contributed by atoms with Crippen LogP contribution in [0.3, 0.4) is 0 Å². The molecule has 0 atom stereocenters. The summed E-state index contributed by atoms with van der Waals surface area (Å²) in [6, 6.07) is 5.76. The van der Waals surface area contributed by atoms with Crippen molar-refractivity contribution in [2.75, 3.05) is 26.0 Å². The number of likely N-dealkylation sites (N-methyl/N-ethyl adjacent to an activating group) is 1. The Hall–Kier alpha value is -2.04. The van der Waals surface area contributed by atoms with Crippen LogP contribution in [0.15, 0.2) is 24.5 Å². The lowest BCUT2D eigenvalue weighted by Crippen LogP contribution is -2.28. The molecule has 1 amide bonds. The van der Waals surface area contributed by atoms with Gasteiger partial charge in [-0.15, -0.1) is 0 Å². The highest BCUT2D eigenvalue weighted by molar-refractivity contribution is 5.82. The van der Waals surface area contributed by atoms with Gasteiger partial charge in [0, 0.05) is 19.8 Å². The molecule has 5 nitrogen and oxygen atoms in total. The Morgan fingerprint density at radius 3 is 3.06 bits per heavy atom. The Morgan fingerprint density at radius 1 is 1.50 bits per heavy atom. The summed E-state index contributed by atoms with van der Waals surface area (Å²) in [6.45, 7) is 0.298. The van der Waals surface area contributed by atoms with Crippen molar-refractivity contribution in [3.05, 3.63) is 24.5 Å². The molecule has 1 heterocycles. The fourth-order valence-electron chi connectivity index (χ4n) is 1.38. The van der Waals surface area contributed by atoms with Crippen LogP contribution in [0.25, 0.3) is 11.0 Å². The van der Waals surface area contributed by atoms with Gasteiger partial charge in [0.25, 0.3) is 0 Å². The molecule has 0 aliphatic heterocycles. The number of H-pyrrole nitrogens is 1. The van der Waals surface area contributed by atoms with Crippen LogP contribution in [0.5, 0.6) is 0 Å². The molecule has 2 rings (SSSR count). The lowest BCUT2D eigenvalue weighted by Gasteiger charge is -2.11. The summed E-state index contributed by atoms with van der Waals surface area (Å²) < 4.78 is 0. The van der Waals surface area contributed by atoms with Gasteiger partial charge >= 0.3 is 0 Å². The van der Waals surface area contributed by atoms with Gasteiger partial charge in [-0.2, -0.15) is 0 Å². The average Bonchev–Trinajstić information content (AvgIpc) is 2.72. The van der Waals surface area contributed by atoms with Crippen molar-refractivity contribution in [3.8, 4) is 0 Å². The van der Waals surface area contributed by atoms with Crippen LogP contribution >= 0.6 is 0 Å². The summed E-state index contributed by atoms with van der Waals surface area (Å²) in [5.41, 5.74) is 2.79. The number of hydrogen-bond donors (Lipinski definition) is 2. The Balaban J connectivity index is 2.06. The minimum atomic E-state index is 0.0460. The first kappa shape index (κ1) is 10.5. The molecule has 0 unspecified atom stereocenters. The predicted molar refractivity (Wildman–Crippen MR) is 63.3 cm³/mol. The normalized spacial score (nSPS) is 10.4. The predicted octanol–water partition coefficient (Wildman–Crippen LogP) is 1.06. The number of nitrogens with zero attached hydrogens (tertiary/aromatic N) is 2. The molecule has 0 bridgehead atoms. The number of fused-ring (bicyclic) bond motifs is 1. The Kier molecular flexibility index (Phi) is 2.76. The molecule has 0 aliphatic rings. The van der Waals surface area contributed by atoms with Crippen LogP contribution < -0.4 is 5.32 Å². The minimum Gasteiger partial charge on any atom is -0.376 e. The second-order valence-corrected chi connectivity index (χ2v) is 3.78. The van der Waals surface area contributed by atoms with Crippen LogP contribution in [-0.2, 0) is 4.79 Å². The molecule has 5 heteroatoms. The molecule has 0 aliphatic carbocycles. The monoisotopic (exact) mass is 218 g/mol. The van der Waals surface area contributed by atoms with E-state index >= 15 is 0 Å². The number of aromatic nitrogens is 2. The van der Waals surface area contributed by atoms with Crippen molar-refractivity contribution < 1.29 is 4.79 Å². The summed E-state index contributed by atoms with van der Waals surface area (Å²) in [4.78, 5) is 20.1. The van der Waals surface area contributed by atoms with E-state index in [-0.39, 0.29) is 5.91 Å². The molecule has 0 saturated carbocycles. The third kappa shape index (κ3) is 2.13. The maximum atomic E-state index is 11.4. The van der Waals surface area contributed by atoms with Crippen molar-refractivity contribution in [1.82, 2.24) is 14.9 Å². The van der Waals surface area contributed by atoms with E-state index in [0.717, 1.165) is 16.7 Å². The van der Waals surface area contributed by atoms with Gasteiger partial charge < -0.3 is 15.2 Å². The average molecular weight is 218 g/mol. The summed E-state index contributed by atoms with van der Waals surface area (Å²) >= 11 is 0. The number of amides is 1. The van der Waals surface area contributed by atoms with Crippen molar-refractivity contribution in [2.45, 2.75) is 0 Å². The van der Waals surface area contributed by atoms with Gasteiger partial charge in [0.15, 0.2) is 0 Å². The van der Waals surface area contributed by atoms with Crippen molar-refractivity contribution in [2.24, 2.45) is 0 Å². The maximum Gasteiger partial charge on any atom is 0.241 e. The van der Waals surface area contributed by atoms with E-state index in [1.165, 1.54) is 0 Å². The van der Waals surface area contributed by atoms with Gasteiger partial charge in [0.05, 0.1) is 23.9 Å². The molecule has 1 aromatic heterocycles. The number of carbonyl (C=O) groups excluding carboxylic acids is 1. The minimum absolute atomic E-state index is 0.0460. The van der Waals surface area contributed by atoms with Crippen LogP contribution in [0, 0.1) is 0 Å². The lowest BCUT2D eigenvalue weighted by atomic mass is 10.3. The highest BCUT2D eigenvalue weighted by Crippen LogP contribution is 2.15. The van der Waals surface area contributed by atoms with Gasteiger partial charge in [-0.3, -0.25) is 4.79 Å². The lowest BCUT2D eigenvalue weighted by molar-refractivity contribution is -0.126. The zero-order valence-electron chi connectivity index (χ0n) is 9.32. The number of anilines is 1. The standard InChI is InChI=1S/C11H14N4O/c1-15(2)11(16)6-12-8-3-4-9-10(5-8)14-7-13-9/h3-5,7,12H,6H2,1-2H3,(H,13,14). The molecule has 0 fully saturated rings. The SMILES string of the molecule is CN(C)C(=O)CNc1ccc2nc[nH]c2c1. The smallest absolute Gasteiger partial charge is 0.241 e. The third-order valence-corrected chi connectivity index (χ3v) is 2.36. The topological polar surface area (TPSA) is 61.0 Å². The number of hydrogen-bond acceptors (Lipinski definition) is 3. The van der Waals surface area contributed by atoms with Gasteiger partial charge in [0.2, 0.25) is 5.91 Å². The van der Waals surface area contributed by atoms with E-state index in [1.807, 2.05) is 18.2 Å². The van der Waals surface area contributed by atoms with E-state index in [2.05, 4.69) is 15.3 Å². The number of rotatable bonds is 3. The van der Waals surface area contributed by atoms with E-state index in [4.69, 9.17) is 0 Å². The van der Waals surface area contributed by atoms with Gasteiger partial charge in [-0.25, -0.2) is 4.98 Å². The van der Waals surface area contributed by atoms with Gasteiger partial charge in [-0.1, -0.05) is 0 Å². The first-order valence-corrected chi connectivity index (χ1v) is 5.04. The largest absolute Gasteiger partial charge is 0.376 e. The van der Waals surface area contributed by atoms with Crippen molar-refractivity contribution in [3.63, 3.8) is 0 Å². The zero-order chi connectivity index (χ0) is 11.5. The van der Waals surface area contributed by atoms with Gasteiger partial charge in [-0.05, 0) is 18.2 Å². The fraction of sp³-hybridized carbons (Fsp3) is 0.273. The molecule has 84 valence electrons. The molecule has 16 heavy (non-hydrogen) atoms. The molecule has 0 radical (unpaired) electrons. The first-order chi connectivity index (χ1) is 7.66. The molecule has 0 saturated heterocycles. The molecule has 2 aromatic rings. The van der Waals surface area contributed by atoms with E-state index in [1.54, 1.807) is 25.3 Å². The highest BCUT2D eigenvalue weighted by atomic mass is 16.2. The quantitative estimate of drug-likeness (QED) is 0.810. The number of aromatic amines is 1. The Bertz CT molecular complexity index is 503. The Morgan fingerprint density at radius 2 is 2.31 bits per heavy atom. The summed E-state index contributed by atoms with van der Waals surface area (Å²) in [5.74, 6) is 0.0460. The van der Waals surface area contributed by atoms with E-state index in [0.29, 0.717) is 6.54 Å². The van der Waals surface area contributed by atoms with Crippen LogP contribution in [0.1, 0.15) is 0 Å². The summed E-state index contributed by atoms with van der Waals surface area (Å²) in [6.07, 6.45) is 1.65. The third-order valence-electron chi connectivity index (χ3n) is 2.36. The maximum absolute atomic E-state index is 11.4. The van der Waals surface area contributed by atoms with Crippen molar-refractivity contribution in [1.29, 1.82) is 0 Å². The molecule has 2 N–H and O–H groups in total. The summed E-state index contributed by atoms with van der Waals surface area (Å²) in [7, 11) is 3.48. The second kappa shape index (κ2) is 4.22. The number of carbonyl (C=O) groups is 1. The second-order valence-electron chi connectivity index (χ2n) is 3.78.